The second-order valence-electron chi connectivity index (χ2n) is 6.11. The van der Waals surface area contributed by atoms with Crippen molar-refractivity contribution in [3.63, 3.8) is 0 Å². The molecule has 0 unspecified atom stereocenters. The molecule has 0 spiro atoms. The molecule has 0 N–H and O–H groups in total. The highest BCUT2D eigenvalue weighted by Gasteiger charge is 2.11. The van der Waals surface area contributed by atoms with Crippen molar-refractivity contribution >= 4 is 10.4 Å². The predicted molar refractivity (Wildman–Crippen MR) is 100.0 cm³/mol. The summed E-state index contributed by atoms with van der Waals surface area (Å²) in [5, 5.41) is 0. The molecule has 0 saturated carbocycles. The molecular weight excluding hydrogens is 344 g/mol. The molecule has 0 amide bonds. The van der Waals surface area contributed by atoms with Gasteiger partial charge in [0.2, 0.25) is 0 Å². The number of rotatable bonds is 20. The van der Waals surface area contributed by atoms with Crippen LogP contribution in [0, 0.1) is 0 Å². The molecule has 0 rings (SSSR count). The molecule has 7 heteroatoms. The number of hydrogen-bond donors (Lipinski definition) is 0. The quantitative estimate of drug-likeness (QED) is 0.293. The van der Waals surface area contributed by atoms with Gasteiger partial charge in [0.1, 0.15) is 0 Å². The first kappa shape index (κ1) is 24.8. The van der Waals surface area contributed by atoms with E-state index in [2.05, 4.69) is 13.8 Å². The van der Waals surface area contributed by atoms with Crippen LogP contribution in [0.4, 0.5) is 0 Å². The van der Waals surface area contributed by atoms with Gasteiger partial charge in [-0.3, -0.25) is 0 Å². The van der Waals surface area contributed by atoms with Crippen LogP contribution in [-0.4, -0.2) is 48.1 Å². The lowest BCUT2D eigenvalue weighted by Crippen LogP contribution is -2.14. The van der Waals surface area contributed by atoms with Gasteiger partial charge in [0.15, 0.2) is 0 Å². The van der Waals surface area contributed by atoms with Crippen molar-refractivity contribution in [2.45, 2.75) is 78.1 Å². The summed E-state index contributed by atoms with van der Waals surface area (Å²) < 4.78 is 43.4. The summed E-state index contributed by atoms with van der Waals surface area (Å²) in [6.45, 7) is 6.98. The van der Waals surface area contributed by atoms with Crippen molar-refractivity contribution in [3.05, 3.63) is 0 Å². The van der Waals surface area contributed by atoms with Crippen LogP contribution in [0.1, 0.15) is 78.1 Å². The van der Waals surface area contributed by atoms with Gasteiger partial charge in [0, 0.05) is 26.4 Å². The average Bonchev–Trinajstić information content (AvgIpc) is 2.59. The number of hydrogen-bond acceptors (Lipinski definition) is 6. The molecule has 0 atom stereocenters. The number of ether oxygens (including phenoxy) is 2. The van der Waals surface area contributed by atoms with Crippen LogP contribution >= 0.6 is 0 Å². The third-order valence-electron chi connectivity index (χ3n) is 3.61. The molecule has 0 aliphatic carbocycles. The molecule has 6 nitrogen and oxygen atoms in total. The Labute approximate surface area is 154 Å². The van der Waals surface area contributed by atoms with E-state index in [4.69, 9.17) is 17.8 Å². The van der Waals surface area contributed by atoms with E-state index in [1.54, 1.807) is 0 Å². The second-order valence-corrected chi connectivity index (χ2v) is 7.39. The van der Waals surface area contributed by atoms with Crippen molar-refractivity contribution in [3.8, 4) is 0 Å². The summed E-state index contributed by atoms with van der Waals surface area (Å²) in [4.78, 5) is 0. The van der Waals surface area contributed by atoms with Crippen LogP contribution in [0.2, 0.25) is 0 Å². The van der Waals surface area contributed by atoms with Crippen LogP contribution in [0.25, 0.3) is 0 Å². The summed E-state index contributed by atoms with van der Waals surface area (Å²) in [7, 11) is -3.90. The zero-order valence-corrected chi connectivity index (χ0v) is 17.0. The fraction of sp³-hybridized carbons (Fsp3) is 1.00. The van der Waals surface area contributed by atoms with Gasteiger partial charge in [0.05, 0.1) is 13.2 Å². The second kappa shape index (κ2) is 18.6. The molecule has 0 aliphatic heterocycles. The van der Waals surface area contributed by atoms with Crippen molar-refractivity contribution in [2.24, 2.45) is 0 Å². The molecule has 0 heterocycles. The summed E-state index contributed by atoms with van der Waals surface area (Å²) in [5.74, 6) is 0. The highest BCUT2D eigenvalue weighted by atomic mass is 32.3. The third kappa shape index (κ3) is 20.0. The van der Waals surface area contributed by atoms with Crippen molar-refractivity contribution < 1.29 is 26.3 Å². The minimum atomic E-state index is -3.90. The Morgan fingerprint density at radius 2 is 0.920 bits per heavy atom. The molecule has 0 aromatic carbocycles. The molecule has 0 aliphatic rings. The summed E-state index contributed by atoms with van der Waals surface area (Å²) >= 11 is 0. The molecular formula is C18H38O6S. The molecule has 25 heavy (non-hydrogen) atoms. The van der Waals surface area contributed by atoms with Gasteiger partial charge in [-0.25, -0.2) is 8.37 Å². The molecule has 0 aromatic rings. The van der Waals surface area contributed by atoms with E-state index in [9.17, 15) is 8.42 Å². The highest BCUT2D eigenvalue weighted by Crippen LogP contribution is 2.02. The van der Waals surface area contributed by atoms with Gasteiger partial charge in [-0.1, -0.05) is 52.4 Å². The smallest absolute Gasteiger partial charge is 0.381 e. The first-order valence-corrected chi connectivity index (χ1v) is 11.1. The maximum Gasteiger partial charge on any atom is 0.399 e. The SMILES string of the molecule is CCCCCCOCCCOS(=O)(=O)OCCCOCCCCCC. The highest BCUT2D eigenvalue weighted by molar-refractivity contribution is 7.81. The number of unbranched alkanes of at least 4 members (excludes halogenated alkanes) is 6. The van der Waals surface area contributed by atoms with Crippen LogP contribution < -0.4 is 0 Å². The van der Waals surface area contributed by atoms with Crippen molar-refractivity contribution in [1.82, 2.24) is 0 Å². The molecule has 0 bridgehead atoms. The van der Waals surface area contributed by atoms with E-state index in [1.165, 1.54) is 38.5 Å². The zero-order valence-electron chi connectivity index (χ0n) is 16.2. The Kier molecular flexibility index (Phi) is 18.4. The van der Waals surface area contributed by atoms with Crippen LogP contribution in [0.3, 0.4) is 0 Å². The van der Waals surface area contributed by atoms with Gasteiger partial charge >= 0.3 is 10.4 Å². The van der Waals surface area contributed by atoms with Crippen LogP contribution in [0.15, 0.2) is 0 Å². The Balaban J connectivity index is 3.35. The van der Waals surface area contributed by atoms with E-state index >= 15 is 0 Å². The van der Waals surface area contributed by atoms with E-state index in [-0.39, 0.29) is 13.2 Å². The average molecular weight is 383 g/mol. The molecule has 0 aromatic heterocycles. The van der Waals surface area contributed by atoms with E-state index in [1.807, 2.05) is 0 Å². The summed E-state index contributed by atoms with van der Waals surface area (Å²) in [6, 6.07) is 0. The molecule has 0 radical (unpaired) electrons. The monoisotopic (exact) mass is 382 g/mol. The third-order valence-corrected chi connectivity index (χ3v) is 4.52. The van der Waals surface area contributed by atoms with Gasteiger partial charge in [-0.2, -0.15) is 8.42 Å². The van der Waals surface area contributed by atoms with Gasteiger partial charge in [0.25, 0.3) is 0 Å². The molecule has 0 saturated heterocycles. The molecule has 0 fully saturated rings. The lowest BCUT2D eigenvalue weighted by Gasteiger charge is -2.07. The summed E-state index contributed by atoms with van der Waals surface area (Å²) in [5.41, 5.74) is 0. The minimum absolute atomic E-state index is 0.0885. The molecule has 152 valence electrons. The fourth-order valence-electron chi connectivity index (χ4n) is 2.14. The Morgan fingerprint density at radius 3 is 1.32 bits per heavy atom. The maximum absolute atomic E-state index is 11.5. The van der Waals surface area contributed by atoms with Crippen LogP contribution in [-0.2, 0) is 28.2 Å². The Hall–Kier alpha value is -0.210. The van der Waals surface area contributed by atoms with Crippen molar-refractivity contribution in [2.75, 3.05) is 39.6 Å². The Morgan fingerprint density at radius 1 is 0.520 bits per heavy atom. The lowest BCUT2D eigenvalue weighted by atomic mass is 10.2. The maximum atomic E-state index is 11.5. The Bertz CT molecular complexity index is 331. The first-order chi connectivity index (χ1) is 12.1. The predicted octanol–water partition coefficient (Wildman–Crippen LogP) is 4.24. The lowest BCUT2D eigenvalue weighted by molar-refractivity contribution is 0.105. The van der Waals surface area contributed by atoms with Crippen molar-refractivity contribution in [1.29, 1.82) is 0 Å². The first-order valence-electron chi connectivity index (χ1n) is 9.81. The van der Waals surface area contributed by atoms with Crippen LogP contribution in [0.5, 0.6) is 0 Å². The topological polar surface area (TPSA) is 71.1 Å². The largest absolute Gasteiger partial charge is 0.399 e. The minimum Gasteiger partial charge on any atom is -0.381 e. The fourth-order valence-corrected chi connectivity index (χ4v) is 2.86. The normalized spacial score (nSPS) is 11.9. The summed E-state index contributed by atoms with van der Waals surface area (Å²) in [6.07, 6.45) is 10.4. The van der Waals surface area contributed by atoms with E-state index < -0.39 is 10.4 Å². The van der Waals surface area contributed by atoms with E-state index in [0.717, 1.165) is 26.1 Å². The van der Waals surface area contributed by atoms with Gasteiger partial charge in [-0.15, -0.1) is 0 Å². The van der Waals surface area contributed by atoms with E-state index in [0.29, 0.717) is 26.1 Å². The standard InChI is InChI=1S/C18H38O6S/c1-3-5-7-9-13-21-15-11-17-23-25(19,20)24-18-12-16-22-14-10-8-6-4-2/h3-18H2,1-2H3. The van der Waals surface area contributed by atoms with Gasteiger partial charge < -0.3 is 9.47 Å². The van der Waals surface area contributed by atoms with Gasteiger partial charge in [-0.05, 0) is 25.7 Å². The zero-order chi connectivity index (χ0) is 18.6.